The molecule has 4 rings (SSSR count). The van der Waals surface area contributed by atoms with Crippen molar-refractivity contribution in [3.8, 4) is 11.5 Å². The van der Waals surface area contributed by atoms with Crippen molar-refractivity contribution in [3.63, 3.8) is 0 Å². The van der Waals surface area contributed by atoms with E-state index in [0.29, 0.717) is 38.4 Å². The lowest BCUT2D eigenvalue weighted by atomic mass is 10.1. The van der Waals surface area contributed by atoms with E-state index in [0.717, 1.165) is 48.1 Å². The molecule has 2 N–H and O–H groups in total. The summed E-state index contributed by atoms with van der Waals surface area (Å²) in [6, 6.07) is 12.6. The highest BCUT2D eigenvalue weighted by molar-refractivity contribution is 7.17. The molecule has 0 radical (unpaired) electrons. The summed E-state index contributed by atoms with van der Waals surface area (Å²) in [6.07, 6.45) is 4.60. The van der Waals surface area contributed by atoms with Gasteiger partial charge in [-0.2, -0.15) is 5.10 Å². The number of nitrogens with zero attached hydrogens (tertiary/aromatic N) is 1. The van der Waals surface area contributed by atoms with Crippen LogP contribution >= 0.6 is 22.9 Å². The molecule has 1 aromatic heterocycles. The van der Waals surface area contributed by atoms with Gasteiger partial charge in [-0.05, 0) is 69.4 Å². The monoisotopic (exact) mass is 597 g/mol. The van der Waals surface area contributed by atoms with Crippen molar-refractivity contribution < 1.29 is 28.6 Å². The van der Waals surface area contributed by atoms with Gasteiger partial charge in [0.15, 0.2) is 11.5 Å². The number of methoxy groups -OCH3 is 1. The van der Waals surface area contributed by atoms with Gasteiger partial charge in [-0.15, -0.1) is 11.3 Å². The van der Waals surface area contributed by atoms with Gasteiger partial charge in [0.2, 0.25) is 0 Å². The van der Waals surface area contributed by atoms with Crippen LogP contribution in [0, 0.1) is 0 Å². The Morgan fingerprint density at radius 1 is 1.02 bits per heavy atom. The van der Waals surface area contributed by atoms with Crippen LogP contribution in [0.25, 0.3) is 0 Å². The number of carbonyl (C=O) groups is 3. The lowest BCUT2D eigenvalue weighted by Gasteiger charge is -2.13. The molecule has 9 nitrogen and oxygen atoms in total. The molecule has 1 heterocycles. The number of benzene rings is 2. The summed E-state index contributed by atoms with van der Waals surface area (Å²) >= 11 is 7.54. The first-order valence-corrected chi connectivity index (χ1v) is 14.5. The minimum Gasteiger partial charge on any atom is -0.493 e. The predicted molar refractivity (Wildman–Crippen MR) is 159 cm³/mol. The first kappa shape index (κ1) is 30.1. The van der Waals surface area contributed by atoms with E-state index < -0.39 is 17.8 Å². The number of fused-ring (bicyclic) bond motifs is 1. The number of ether oxygens (including phenoxy) is 3. The number of amides is 2. The summed E-state index contributed by atoms with van der Waals surface area (Å²) in [5.74, 6) is -1.40. The SMILES string of the molecule is CCOC(=O)c1c(NC(=O)C(=O)N/N=C(\C)c2ccc(OCc3ccccc3Cl)c(OC)c2)sc2c1CCCCC2. The van der Waals surface area contributed by atoms with Gasteiger partial charge in [0, 0.05) is 21.0 Å². The molecular weight excluding hydrogens is 566 g/mol. The molecular formula is C30H32ClN3O6S. The molecule has 0 bridgehead atoms. The number of nitrogens with one attached hydrogen (secondary N) is 2. The van der Waals surface area contributed by atoms with Crippen LogP contribution < -0.4 is 20.2 Å². The zero-order valence-corrected chi connectivity index (χ0v) is 24.7. The Balaban J connectivity index is 1.43. The molecule has 0 atom stereocenters. The molecule has 0 saturated heterocycles. The summed E-state index contributed by atoms with van der Waals surface area (Å²) < 4.78 is 16.6. The van der Waals surface area contributed by atoms with E-state index in [1.165, 1.54) is 18.4 Å². The predicted octanol–water partition coefficient (Wildman–Crippen LogP) is 5.91. The van der Waals surface area contributed by atoms with E-state index in [9.17, 15) is 14.4 Å². The fraction of sp³-hybridized carbons (Fsp3) is 0.333. The van der Waals surface area contributed by atoms with Gasteiger partial charge in [0.25, 0.3) is 0 Å². The van der Waals surface area contributed by atoms with Gasteiger partial charge in [0.05, 0.1) is 25.0 Å². The van der Waals surface area contributed by atoms with Gasteiger partial charge in [-0.1, -0.05) is 36.2 Å². The van der Waals surface area contributed by atoms with E-state index in [1.54, 1.807) is 38.1 Å². The Kier molecular flexibility index (Phi) is 10.4. The number of rotatable bonds is 9. The standard InChI is InChI=1S/C30H32ClN3O6S/c1-4-39-30(37)26-21-11-6-5-7-13-25(21)41-29(26)32-27(35)28(36)34-33-18(2)19-14-15-23(24(16-19)38-3)40-17-20-10-8-9-12-22(20)31/h8-10,12,14-16H,4-7,11,13,17H2,1-3H3,(H,32,35)(H,34,36)/b33-18+. The third-order valence-corrected chi connectivity index (χ3v) is 8.16. The first-order chi connectivity index (χ1) is 19.8. The summed E-state index contributed by atoms with van der Waals surface area (Å²) in [6.45, 7) is 3.89. The number of thiophene rings is 1. The van der Waals surface area contributed by atoms with Crippen LogP contribution in [0.4, 0.5) is 5.00 Å². The number of hydrogen-bond acceptors (Lipinski definition) is 8. The number of anilines is 1. The van der Waals surface area contributed by atoms with Gasteiger partial charge < -0.3 is 19.5 Å². The fourth-order valence-corrected chi connectivity index (χ4v) is 5.91. The number of hydrogen-bond donors (Lipinski definition) is 2. The highest BCUT2D eigenvalue weighted by Gasteiger charge is 2.28. The zero-order chi connectivity index (χ0) is 29.4. The van der Waals surface area contributed by atoms with E-state index in [-0.39, 0.29) is 13.2 Å². The molecule has 216 valence electrons. The van der Waals surface area contributed by atoms with Gasteiger partial charge in [-0.3, -0.25) is 9.59 Å². The summed E-state index contributed by atoms with van der Waals surface area (Å²) in [7, 11) is 1.52. The Morgan fingerprint density at radius 3 is 2.56 bits per heavy atom. The summed E-state index contributed by atoms with van der Waals surface area (Å²) in [4.78, 5) is 39.1. The maximum atomic E-state index is 12.7. The van der Waals surface area contributed by atoms with Crippen molar-refractivity contribution in [2.75, 3.05) is 19.0 Å². The lowest BCUT2D eigenvalue weighted by Crippen LogP contribution is -2.33. The molecule has 2 aromatic carbocycles. The minimum absolute atomic E-state index is 0.213. The molecule has 0 spiro atoms. The highest BCUT2D eigenvalue weighted by Crippen LogP contribution is 2.38. The van der Waals surface area contributed by atoms with Crippen LogP contribution in [0.5, 0.6) is 11.5 Å². The van der Waals surface area contributed by atoms with E-state index in [1.807, 2.05) is 18.2 Å². The quantitative estimate of drug-likeness (QED) is 0.104. The fourth-order valence-electron chi connectivity index (χ4n) is 4.44. The second kappa shape index (κ2) is 14.1. The molecule has 0 fully saturated rings. The number of esters is 1. The summed E-state index contributed by atoms with van der Waals surface area (Å²) in [5.41, 5.74) is 5.48. The van der Waals surface area contributed by atoms with E-state index in [2.05, 4.69) is 15.8 Å². The van der Waals surface area contributed by atoms with Crippen molar-refractivity contribution in [2.45, 2.75) is 52.6 Å². The molecule has 41 heavy (non-hydrogen) atoms. The maximum Gasteiger partial charge on any atom is 0.341 e. The van der Waals surface area contributed by atoms with Crippen molar-refractivity contribution in [1.82, 2.24) is 5.43 Å². The summed E-state index contributed by atoms with van der Waals surface area (Å²) in [5, 5.41) is 7.62. The van der Waals surface area contributed by atoms with Crippen LogP contribution in [0.2, 0.25) is 5.02 Å². The number of aryl methyl sites for hydroxylation is 1. The van der Waals surface area contributed by atoms with E-state index >= 15 is 0 Å². The van der Waals surface area contributed by atoms with Crippen LogP contribution in [0.3, 0.4) is 0 Å². The molecule has 0 aliphatic heterocycles. The number of hydrazone groups is 1. The Morgan fingerprint density at radius 2 is 1.80 bits per heavy atom. The molecule has 2 amide bonds. The van der Waals surface area contributed by atoms with Crippen molar-refractivity contribution in [2.24, 2.45) is 5.10 Å². The van der Waals surface area contributed by atoms with Crippen molar-refractivity contribution in [3.05, 3.63) is 74.6 Å². The maximum absolute atomic E-state index is 12.7. The normalized spacial score (nSPS) is 13.0. The third kappa shape index (κ3) is 7.45. The smallest absolute Gasteiger partial charge is 0.341 e. The Bertz CT molecular complexity index is 1470. The van der Waals surface area contributed by atoms with Crippen LogP contribution in [0.15, 0.2) is 47.6 Å². The van der Waals surface area contributed by atoms with Crippen molar-refractivity contribution >= 4 is 51.4 Å². The average molecular weight is 598 g/mol. The second-order valence-corrected chi connectivity index (χ2v) is 10.8. The molecule has 0 saturated carbocycles. The van der Waals surface area contributed by atoms with Crippen LogP contribution in [-0.4, -0.2) is 37.2 Å². The molecule has 1 aliphatic carbocycles. The third-order valence-electron chi connectivity index (χ3n) is 6.58. The van der Waals surface area contributed by atoms with Gasteiger partial charge >= 0.3 is 17.8 Å². The topological polar surface area (TPSA) is 115 Å². The lowest BCUT2D eigenvalue weighted by molar-refractivity contribution is -0.136. The minimum atomic E-state index is -0.964. The Hall–Kier alpha value is -3.89. The van der Waals surface area contributed by atoms with Crippen molar-refractivity contribution in [1.29, 1.82) is 0 Å². The number of halogens is 1. The largest absolute Gasteiger partial charge is 0.493 e. The Labute approximate surface area is 247 Å². The molecule has 11 heteroatoms. The molecule has 3 aromatic rings. The van der Waals surface area contributed by atoms with E-state index in [4.69, 9.17) is 25.8 Å². The highest BCUT2D eigenvalue weighted by atomic mass is 35.5. The zero-order valence-electron chi connectivity index (χ0n) is 23.2. The number of carbonyl (C=O) groups excluding carboxylic acids is 3. The van der Waals surface area contributed by atoms with Crippen LogP contribution in [0.1, 0.15) is 65.0 Å². The van der Waals surface area contributed by atoms with Crippen LogP contribution in [-0.2, 0) is 33.8 Å². The van der Waals surface area contributed by atoms with Gasteiger partial charge in [-0.25, -0.2) is 10.2 Å². The first-order valence-electron chi connectivity index (χ1n) is 13.3. The average Bonchev–Trinajstić information content (AvgIpc) is 3.14. The van der Waals surface area contributed by atoms with Gasteiger partial charge in [0.1, 0.15) is 11.6 Å². The molecule has 0 unspecified atom stereocenters. The second-order valence-electron chi connectivity index (χ2n) is 9.33. The molecule has 1 aliphatic rings.